The number of non-ortho nitro benzene ring substituents is 1. The zero-order valence-electron chi connectivity index (χ0n) is 16.2. The van der Waals surface area contributed by atoms with Gasteiger partial charge in [0, 0.05) is 30.7 Å². The van der Waals surface area contributed by atoms with Crippen molar-refractivity contribution in [1.29, 1.82) is 0 Å². The number of rotatable bonds is 8. The number of nitro benzene ring substituents is 1. The SMILES string of the molecule is CC(/C=C/c1ccccc1)=N/NC(=O)CCC(=O)Nc1ccc([N+](=O)[O-])cc1C. The van der Waals surface area contributed by atoms with E-state index in [-0.39, 0.29) is 30.3 Å². The van der Waals surface area contributed by atoms with Crippen molar-refractivity contribution in [2.24, 2.45) is 5.10 Å². The molecule has 0 saturated carbocycles. The molecule has 2 amide bonds. The molecular formula is C21H22N4O4. The highest BCUT2D eigenvalue weighted by Crippen LogP contribution is 2.21. The average molecular weight is 394 g/mol. The summed E-state index contributed by atoms with van der Waals surface area (Å²) < 4.78 is 0. The molecule has 0 aliphatic heterocycles. The first kappa shape index (κ1) is 21.5. The van der Waals surface area contributed by atoms with E-state index < -0.39 is 4.92 Å². The highest BCUT2D eigenvalue weighted by atomic mass is 16.6. The predicted molar refractivity (Wildman–Crippen MR) is 112 cm³/mol. The van der Waals surface area contributed by atoms with Crippen LogP contribution in [0.3, 0.4) is 0 Å². The van der Waals surface area contributed by atoms with E-state index in [0.29, 0.717) is 17.0 Å². The first-order valence-corrected chi connectivity index (χ1v) is 8.96. The molecule has 0 unspecified atom stereocenters. The molecule has 0 spiro atoms. The largest absolute Gasteiger partial charge is 0.326 e. The van der Waals surface area contributed by atoms with E-state index in [0.717, 1.165) is 5.56 Å². The van der Waals surface area contributed by atoms with Gasteiger partial charge < -0.3 is 5.32 Å². The molecule has 0 aromatic heterocycles. The van der Waals surface area contributed by atoms with Crippen molar-refractivity contribution in [3.8, 4) is 0 Å². The summed E-state index contributed by atoms with van der Waals surface area (Å²) in [6.45, 7) is 3.42. The fourth-order valence-electron chi connectivity index (χ4n) is 2.37. The summed E-state index contributed by atoms with van der Waals surface area (Å²) in [5.41, 5.74) is 5.05. The van der Waals surface area contributed by atoms with Gasteiger partial charge >= 0.3 is 0 Å². The van der Waals surface area contributed by atoms with Crippen molar-refractivity contribution in [2.45, 2.75) is 26.7 Å². The van der Waals surface area contributed by atoms with E-state index in [4.69, 9.17) is 0 Å². The molecule has 0 bridgehead atoms. The number of amides is 2. The molecule has 0 aliphatic carbocycles. The van der Waals surface area contributed by atoms with Crippen molar-refractivity contribution in [3.05, 3.63) is 75.8 Å². The van der Waals surface area contributed by atoms with E-state index >= 15 is 0 Å². The molecule has 0 aliphatic rings. The zero-order valence-corrected chi connectivity index (χ0v) is 16.2. The molecule has 0 atom stereocenters. The number of carbonyl (C=O) groups excluding carboxylic acids is 2. The van der Waals surface area contributed by atoms with Crippen molar-refractivity contribution in [3.63, 3.8) is 0 Å². The second kappa shape index (κ2) is 10.5. The number of aryl methyl sites for hydroxylation is 1. The number of nitro groups is 1. The van der Waals surface area contributed by atoms with Crippen molar-refractivity contribution >= 4 is 35.0 Å². The standard InChI is InChI=1S/C21H22N4O4/c1-15-14-18(25(28)29)10-11-19(15)22-20(26)12-13-21(27)24-23-16(2)8-9-17-6-4-3-5-7-17/h3-11,14H,12-13H2,1-2H3,(H,22,26)(H,24,27)/b9-8+,23-16-. The van der Waals surface area contributed by atoms with Gasteiger partial charge in [0.15, 0.2) is 0 Å². The molecule has 0 saturated heterocycles. The van der Waals surface area contributed by atoms with Gasteiger partial charge in [-0.05, 0) is 37.1 Å². The Hall–Kier alpha value is -3.81. The van der Waals surface area contributed by atoms with E-state index in [1.165, 1.54) is 18.2 Å². The van der Waals surface area contributed by atoms with Gasteiger partial charge in [-0.15, -0.1) is 0 Å². The first-order chi connectivity index (χ1) is 13.8. The molecule has 0 heterocycles. The summed E-state index contributed by atoms with van der Waals surface area (Å²) in [5, 5.41) is 17.4. The topological polar surface area (TPSA) is 114 Å². The van der Waals surface area contributed by atoms with Crippen LogP contribution >= 0.6 is 0 Å². The monoisotopic (exact) mass is 394 g/mol. The van der Waals surface area contributed by atoms with Gasteiger partial charge in [-0.1, -0.05) is 36.4 Å². The van der Waals surface area contributed by atoms with Crippen LogP contribution in [0.15, 0.2) is 59.7 Å². The lowest BCUT2D eigenvalue weighted by molar-refractivity contribution is -0.384. The average Bonchev–Trinajstić information content (AvgIpc) is 2.71. The Balaban J connectivity index is 1.79. The van der Waals surface area contributed by atoms with Gasteiger partial charge in [-0.3, -0.25) is 19.7 Å². The number of anilines is 1. The van der Waals surface area contributed by atoms with Gasteiger partial charge in [0.05, 0.1) is 10.6 Å². The molecule has 150 valence electrons. The van der Waals surface area contributed by atoms with E-state index in [1.54, 1.807) is 19.9 Å². The molecule has 2 aromatic carbocycles. The minimum Gasteiger partial charge on any atom is -0.326 e. The third-order valence-electron chi connectivity index (χ3n) is 3.95. The Morgan fingerprint density at radius 2 is 1.79 bits per heavy atom. The zero-order chi connectivity index (χ0) is 21.2. The van der Waals surface area contributed by atoms with Crippen molar-refractivity contribution in [1.82, 2.24) is 5.43 Å². The Morgan fingerprint density at radius 1 is 1.10 bits per heavy atom. The lowest BCUT2D eigenvalue weighted by atomic mass is 10.1. The number of allylic oxidation sites excluding steroid dienone is 1. The Labute approximate surface area is 168 Å². The fourth-order valence-corrected chi connectivity index (χ4v) is 2.37. The summed E-state index contributed by atoms with van der Waals surface area (Å²) in [7, 11) is 0. The van der Waals surface area contributed by atoms with Gasteiger partial charge in [-0.2, -0.15) is 5.10 Å². The van der Waals surface area contributed by atoms with Crippen LogP contribution in [-0.4, -0.2) is 22.4 Å². The predicted octanol–water partition coefficient (Wildman–Crippen LogP) is 3.83. The molecule has 2 rings (SSSR count). The van der Waals surface area contributed by atoms with E-state index in [2.05, 4.69) is 15.8 Å². The highest BCUT2D eigenvalue weighted by Gasteiger charge is 2.11. The van der Waals surface area contributed by atoms with Crippen LogP contribution in [0.2, 0.25) is 0 Å². The van der Waals surface area contributed by atoms with E-state index in [9.17, 15) is 19.7 Å². The van der Waals surface area contributed by atoms with Crippen LogP contribution in [0.1, 0.15) is 30.9 Å². The van der Waals surface area contributed by atoms with Crippen LogP contribution < -0.4 is 10.7 Å². The number of hydrogen-bond donors (Lipinski definition) is 2. The Morgan fingerprint density at radius 3 is 2.45 bits per heavy atom. The minimum atomic E-state index is -0.500. The second-order valence-corrected chi connectivity index (χ2v) is 6.34. The third kappa shape index (κ3) is 7.37. The van der Waals surface area contributed by atoms with Crippen LogP contribution in [-0.2, 0) is 9.59 Å². The molecule has 0 radical (unpaired) electrons. The lowest BCUT2D eigenvalue weighted by Crippen LogP contribution is -2.21. The minimum absolute atomic E-state index is 0.0307. The summed E-state index contributed by atoms with van der Waals surface area (Å²) in [6.07, 6.45) is 3.60. The van der Waals surface area contributed by atoms with Gasteiger partial charge in [-0.25, -0.2) is 5.43 Å². The molecule has 0 fully saturated rings. The highest BCUT2D eigenvalue weighted by molar-refractivity contribution is 5.97. The number of nitrogens with zero attached hydrogens (tertiary/aromatic N) is 2. The van der Waals surface area contributed by atoms with Crippen LogP contribution in [0.4, 0.5) is 11.4 Å². The van der Waals surface area contributed by atoms with Crippen LogP contribution in [0, 0.1) is 17.0 Å². The number of carbonyl (C=O) groups is 2. The summed E-state index contributed by atoms with van der Waals surface area (Å²) in [6, 6.07) is 13.9. The fraction of sp³-hybridized carbons (Fsp3) is 0.190. The second-order valence-electron chi connectivity index (χ2n) is 6.34. The third-order valence-corrected chi connectivity index (χ3v) is 3.95. The van der Waals surface area contributed by atoms with Crippen molar-refractivity contribution < 1.29 is 14.5 Å². The Kier molecular flexibility index (Phi) is 7.78. The number of hydrogen-bond acceptors (Lipinski definition) is 5. The smallest absolute Gasteiger partial charge is 0.269 e. The van der Waals surface area contributed by atoms with Crippen LogP contribution in [0.25, 0.3) is 6.08 Å². The maximum Gasteiger partial charge on any atom is 0.269 e. The maximum atomic E-state index is 12.0. The van der Waals surface area contributed by atoms with Gasteiger partial charge in [0.1, 0.15) is 0 Å². The molecular weight excluding hydrogens is 372 g/mol. The van der Waals surface area contributed by atoms with Gasteiger partial charge in [0.2, 0.25) is 11.8 Å². The van der Waals surface area contributed by atoms with Crippen molar-refractivity contribution in [2.75, 3.05) is 5.32 Å². The lowest BCUT2D eigenvalue weighted by Gasteiger charge is -2.08. The summed E-state index contributed by atoms with van der Waals surface area (Å²) in [5.74, 6) is -0.741. The molecule has 29 heavy (non-hydrogen) atoms. The molecule has 2 aromatic rings. The molecule has 2 N–H and O–H groups in total. The molecule has 8 nitrogen and oxygen atoms in total. The quantitative estimate of drug-likeness (QED) is 0.402. The molecule has 8 heteroatoms. The number of benzene rings is 2. The normalized spacial score (nSPS) is 11.3. The van der Waals surface area contributed by atoms with E-state index in [1.807, 2.05) is 36.4 Å². The number of nitrogens with one attached hydrogen (secondary N) is 2. The number of hydrazone groups is 1. The van der Waals surface area contributed by atoms with Crippen LogP contribution in [0.5, 0.6) is 0 Å². The Bertz CT molecular complexity index is 952. The summed E-state index contributed by atoms with van der Waals surface area (Å²) >= 11 is 0. The first-order valence-electron chi connectivity index (χ1n) is 8.96. The van der Waals surface area contributed by atoms with Gasteiger partial charge in [0.25, 0.3) is 5.69 Å². The summed E-state index contributed by atoms with van der Waals surface area (Å²) in [4.78, 5) is 34.1. The maximum absolute atomic E-state index is 12.0.